The van der Waals surface area contributed by atoms with Crippen LogP contribution in [-0.2, 0) is 9.53 Å². The molecule has 2 amide bonds. The highest BCUT2D eigenvalue weighted by Gasteiger charge is 2.29. The summed E-state index contributed by atoms with van der Waals surface area (Å²) >= 11 is 6.20. The van der Waals surface area contributed by atoms with Crippen molar-refractivity contribution < 1.29 is 19.1 Å². The third-order valence-corrected chi connectivity index (χ3v) is 5.33. The highest BCUT2D eigenvalue weighted by Crippen LogP contribution is 2.19. The highest BCUT2D eigenvalue weighted by atomic mass is 35.5. The van der Waals surface area contributed by atoms with Crippen LogP contribution in [0.2, 0.25) is 5.02 Å². The SMILES string of the molecule is CC(C)CN(CC1CN(C(=O)c2ccccc2Cl)CCO1)C(=O)COc1ccccc1. The number of ether oxygens (including phenoxy) is 2. The summed E-state index contributed by atoms with van der Waals surface area (Å²) in [7, 11) is 0. The fourth-order valence-corrected chi connectivity index (χ4v) is 3.75. The van der Waals surface area contributed by atoms with Gasteiger partial charge in [0.15, 0.2) is 6.61 Å². The summed E-state index contributed by atoms with van der Waals surface area (Å²) in [5.74, 6) is 0.736. The minimum Gasteiger partial charge on any atom is -0.484 e. The number of para-hydroxylation sites is 1. The van der Waals surface area contributed by atoms with Crippen molar-refractivity contribution >= 4 is 23.4 Å². The molecular formula is C24H29ClN2O4. The summed E-state index contributed by atoms with van der Waals surface area (Å²) in [6.07, 6.45) is -0.264. The van der Waals surface area contributed by atoms with Crippen LogP contribution in [0, 0.1) is 5.92 Å². The Morgan fingerprint density at radius 3 is 2.58 bits per heavy atom. The van der Waals surface area contributed by atoms with Crippen molar-refractivity contribution in [3.8, 4) is 5.75 Å². The monoisotopic (exact) mass is 444 g/mol. The fourth-order valence-electron chi connectivity index (χ4n) is 3.54. The molecule has 2 aromatic carbocycles. The predicted octanol–water partition coefficient (Wildman–Crippen LogP) is 3.74. The smallest absolute Gasteiger partial charge is 0.260 e. The van der Waals surface area contributed by atoms with E-state index in [1.807, 2.05) is 30.3 Å². The van der Waals surface area contributed by atoms with Gasteiger partial charge < -0.3 is 19.3 Å². The molecule has 1 aliphatic rings. The van der Waals surface area contributed by atoms with E-state index in [1.54, 1.807) is 34.1 Å². The molecule has 0 aromatic heterocycles. The Morgan fingerprint density at radius 1 is 1.16 bits per heavy atom. The first kappa shape index (κ1) is 23.1. The number of hydrogen-bond acceptors (Lipinski definition) is 4. The van der Waals surface area contributed by atoms with Crippen molar-refractivity contribution in [2.75, 3.05) is 39.4 Å². The van der Waals surface area contributed by atoms with Gasteiger partial charge in [-0.25, -0.2) is 0 Å². The number of benzene rings is 2. The zero-order valence-corrected chi connectivity index (χ0v) is 18.8. The average molecular weight is 445 g/mol. The van der Waals surface area contributed by atoms with Crippen LogP contribution in [-0.4, -0.2) is 67.1 Å². The lowest BCUT2D eigenvalue weighted by molar-refractivity contribution is -0.137. The molecule has 1 heterocycles. The van der Waals surface area contributed by atoms with E-state index in [1.165, 1.54) is 0 Å². The number of amides is 2. The molecule has 3 rings (SSSR count). The van der Waals surface area contributed by atoms with Gasteiger partial charge in [0.05, 0.1) is 23.3 Å². The van der Waals surface area contributed by atoms with Crippen LogP contribution in [0.4, 0.5) is 0 Å². The van der Waals surface area contributed by atoms with Crippen LogP contribution in [0.5, 0.6) is 5.75 Å². The molecule has 0 saturated carbocycles. The summed E-state index contributed by atoms with van der Waals surface area (Å²) in [5, 5.41) is 0.435. The van der Waals surface area contributed by atoms with Gasteiger partial charge >= 0.3 is 0 Å². The molecule has 1 fully saturated rings. The first-order chi connectivity index (χ1) is 14.9. The molecule has 0 bridgehead atoms. The molecule has 1 unspecified atom stereocenters. The number of hydrogen-bond donors (Lipinski definition) is 0. The molecule has 166 valence electrons. The van der Waals surface area contributed by atoms with Gasteiger partial charge in [0, 0.05) is 26.2 Å². The molecule has 2 aromatic rings. The lowest BCUT2D eigenvalue weighted by atomic mass is 10.1. The van der Waals surface area contributed by atoms with Crippen LogP contribution in [0.25, 0.3) is 0 Å². The highest BCUT2D eigenvalue weighted by molar-refractivity contribution is 6.33. The summed E-state index contributed by atoms with van der Waals surface area (Å²) in [5.41, 5.74) is 0.483. The van der Waals surface area contributed by atoms with Crippen molar-refractivity contribution in [3.63, 3.8) is 0 Å². The van der Waals surface area contributed by atoms with Crippen molar-refractivity contribution in [3.05, 3.63) is 65.2 Å². The molecule has 1 atom stereocenters. The van der Waals surface area contributed by atoms with E-state index in [4.69, 9.17) is 21.1 Å². The van der Waals surface area contributed by atoms with E-state index in [-0.39, 0.29) is 24.5 Å². The van der Waals surface area contributed by atoms with Crippen LogP contribution in [0.1, 0.15) is 24.2 Å². The first-order valence-corrected chi connectivity index (χ1v) is 10.9. The zero-order valence-electron chi connectivity index (χ0n) is 18.0. The van der Waals surface area contributed by atoms with Crippen LogP contribution in [0.3, 0.4) is 0 Å². The number of halogens is 1. The van der Waals surface area contributed by atoms with E-state index in [0.29, 0.717) is 55.0 Å². The van der Waals surface area contributed by atoms with Crippen LogP contribution >= 0.6 is 11.6 Å². The Bertz CT molecular complexity index is 875. The second-order valence-corrected chi connectivity index (χ2v) is 8.43. The number of carbonyl (C=O) groups is 2. The summed E-state index contributed by atoms with van der Waals surface area (Å²) in [6.45, 7) is 6.41. The zero-order chi connectivity index (χ0) is 22.2. The largest absolute Gasteiger partial charge is 0.484 e. The predicted molar refractivity (Wildman–Crippen MR) is 120 cm³/mol. The molecule has 7 heteroatoms. The quantitative estimate of drug-likeness (QED) is 0.622. The molecule has 31 heavy (non-hydrogen) atoms. The molecule has 1 saturated heterocycles. The molecule has 0 radical (unpaired) electrons. The topological polar surface area (TPSA) is 59.1 Å². The van der Waals surface area contributed by atoms with Crippen molar-refractivity contribution in [1.82, 2.24) is 9.80 Å². The lowest BCUT2D eigenvalue weighted by Crippen LogP contribution is -2.51. The number of rotatable bonds is 8. The Hall–Kier alpha value is -2.57. The second kappa shape index (κ2) is 11.2. The van der Waals surface area contributed by atoms with E-state index in [0.717, 1.165) is 0 Å². The minimum atomic E-state index is -0.264. The molecule has 6 nitrogen and oxygen atoms in total. The molecule has 0 N–H and O–H groups in total. The maximum Gasteiger partial charge on any atom is 0.260 e. The first-order valence-electron chi connectivity index (χ1n) is 10.5. The van der Waals surface area contributed by atoms with Gasteiger partial charge in [0.25, 0.3) is 11.8 Å². The summed E-state index contributed by atoms with van der Waals surface area (Å²) in [6, 6.07) is 16.3. The van der Waals surface area contributed by atoms with Crippen molar-refractivity contribution in [1.29, 1.82) is 0 Å². The normalized spacial score (nSPS) is 16.3. The minimum absolute atomic E-state index is 0.0360. The van der Waals surface area contributed by atoms with Gasteiger partial charge in [-0.2, -0.15) is 0 Å². The van der Waals surface area contributed by atoms with Gasteiger partial charge in [0.1, 0.15) is 5.75 Å². The Balaban J connectivity index is 1.61. The van der Waals surface area contributed by atoms with Crippen LogP contribution < -0.4 is 4.74 Å². The Kier molecular flexibility index (Phi) is 8.32. The van der Waals surface area contributed by atoms with E-state index < -0.39 is 0 Å². The number of nitrogens with zero attached hydrogens (tertiary/aromatic N) is 2. The average Bonchev–Trinajstić information content (AvgIpc) is 2.77. The van der Waals surface area contributed by atoms with E-state index in [9.17, 15) is 9.59 Å². The second-order valence-electron chi connectivity index (χ2n) is 8.02. The van der Waals surface area contributed by atoms with E-state index >= 15 is 0 Å². The van der Waals surface area contributed by atoms with Gasteiger partial charge in [-0.1, -0.05) is 55.8 Å². The summed E-state index contributed by atoms with van der Waals surface area (Å²) < 4.78 is 11.5. The summed E-state index contributed by atoms with van der Waals surface area (Å²) in [4.78, 5) is 29.3. The van der Waals surface area contributed by atoms with Crippen molar-refractivity contribution in [2.24, 2.45) is 5.92 Å². The van der Waals surface area contributed by atoms with Crippen LogP contribution in [0.15, 0.2) is 54.6 Å². The molecular weight excluding hydrogens is 416 g/mol. The lowest BCUT2D eigenvalue weighted by Gasteiger charge is -2.36. The maximum absolute atomic E-state index is 12.9. The van der Waals surface area contributed by atoms with Gasteiger partial charge in [-0.05, 0) is 30.2 Å². The Morgan fingerprint density at radius 2 is 1.87 bits per heavy atom. The third kappa shape index (κ3) is 6.71. The maximum atomic E-state index is 12.9. The molecule has 0 aliphatic carbocycles. The van der Waals surface area contributed by atoms with Gasteiger partial charge in [0.2, 0.25) is 0 Å². The molecule has 1 aliphatic heterocycles. The van der Waals surface area contributed by atoms with Crippen molar-refractivity contribution in [2.45, 2.75) is 20.0 Å². The standard InChI is InChI=1S/C24H29ClN2O4/c1-18(2)14-27(23(28)17-31-19-8-4-3-5-9-19)16-20-15-26(12-13-30-20)24(29)21-10-6-7-11-22(21)25/h3-11,18,20H,12-17H2,1-2H3. The number of carbonyl (C=O) groups excluding carboxylic acids is 2. The van der Waals surface area contributed by atoms with Gasteiger partial charge in [-0.15, -0.1) is 0 Å². The van der Waals surface area contributed by atoms with Gasteiger partial charge in [-0.3, -0.25) is 9.59 Å². The third-order valence-electron chi connectivity index (χ3n) is 5.00. The van der Waals surface area contributed by atoms with E-state index in [2.05, 4.69) is 13.8 Å². The Labute approximate surface area is 188 Å². The molecule has 0 spiro atoms. The number of morpholine rings is 1. The fraction of sp³-hybridized carbons (Fsp3) is 0.417.